The number of nitrogens with two attached hydrogens (primary N) is 1. The maximum atomic E-state index is 12.8. The van der Waals surface area contributed by atoms with E-state index in [0.717, 1.165) is 10.6 Å². The second-order valence-corrected chi connectivity index (χ2v) is 7.32. The number of hydrazine groups is 1. The number of benzene rings is 2. The summed E-state index contributed by atoms with van der Waals surface area (Å²) in [5.41, 5.74) is 2.80. The zero-order chi connectivity index (χ0) is 20.3. The minimum Gasteiger partial charge on any atom is -0.332 e. The minimum atomic E-state index is -1.22. The molecule has 4 N–H and O–H groups in total. The van der Waals surface area contributed by atoms with Gasteiger partial charge < -0.3 is 10.6 Å². The van der Waals surface area contributed by atoms with Crippen molar-refractivity contribution < 1.29 is 19.7 Å². The lowest BCUT2D eigenvalue weighted by atomic mass is 9.92. The van der Waals surface area contributed by atoms with E-state index in [1.54, 1.807) is 42.6 Å². The first-order valence-corrected chi connectivity index (χ1v) is 9.29. The highest BCUT2D eigenvalue weighted by Crippen LogP contribution is 2.27. The van der Waals surface area contributed by atoms with Gasteiger partial charge in [0.2, 0.25) is 0 Å². The van der Waals surface area contributed by atoms with Crippen molar-refractivity contribution in [3.8, 4) is 0 Å². The van der Waals surface area contributed by atoms with Gasteiger partial charge in [-0.25, -0.2) is 4.79 Å². The molecule has 1 aliphatic heterocycles. The van der Waals surface area contributed by atoms with Crippen LogP contribution in [0, 0.1) is 0 Å². The summed E-state index contributed by atoms with van der Waals surface area (Å²) in [7, 11) is 0. The molecule has 8 heteroatoms. The van der Waals surface area contributed by atoms with Crippen molar-refractivity contribution in [3.63, 3.8) is 0 Å². The van der Waals surface area contributed by atoms with Gasteiger partial charge >= 0.3 is 6.03 Å². The Hall–Kier alpha value is -2.90. The zero-order valence-corrected chi connectivity index (χ0v) is 16.4. The summed E-state index contributed by atoms with van der Waals surface area (Å²) in [6.07, 6.45) is 0. The Morgan fingerprint density at radius 1 is 1.21 bits per heavy atom. The van der Waals surface area contributed by atoms with Gasteiger partial charge in [0, 0.05) is 10.6 Å². The Morgan fingerprint density at radius 3 is 2.61 bits per heavy atom. The van der Waals surface area contributed by atoms with Crippen LogP contribution < -0.4 is 16.1 Å². The molecular formula is C20H22ClN4O3+. The molecule has 0 radical (unpaired) electrons. The molecule has 0 spiro atoms. The van der Waals surface area contributed by atoms with Crippen LogP contribution in [-0.4, -0.2) is 29.4 Å². The molecule has 3 rings (SSSR count). The van der Waals surface area contributed by atoms with Gasteiger partial charge in [0.05, 0.1) is 0 Å². The fourth-order valence-electron chi connectivity index (χ4n) is 3.09. The predicted molar refractivity (Wildman–Crippen MR) is 104 cm³/mol. The van der Waals surface area contributed by atoms with Crippen LogP contribution in [0.5, 0.6) is 0 Å². The lowest BCUT2D eigenvalue weighted by Gasteiger charge is -2.22. The normalized spacial score (nSPS) is 20.0. The number of imide groups is 1. The number of hydrogen-bond donors (Lipinski definition) is 3. The molecule has 0 aliphatic carbocycles. The average Bonchev–Trinajstić information content (AvgIpc) is 2.91. The van der Waals surface area contributed by atoms with Gasteiger partial charge in [-0.05, 0) is 31.5 Å². The molecule has 28 heavy (non-hydrogen) atoms. The maximum absolute atomic E-state index is 12.8. The van der Waals surface area contributed by atoms with E-state index in [0.29, 0.717) is 10.6 Å². The van der Waals surface area contributed by atoms with Crippen molar-refractivity contribution in [2.75, 3.05) is 6.54 Å². The highest BCUT2D eigenvalue weighted by Gasteiger charge is 2.50. The third kappa shape index (κ3) is 4.00. The molecule has 1 aliphatic rings. The molecule has 1 heterocycles. The largest absolute Gasteiger partial charge is 0.344 e. The zero-order valence-electron chi connectivity index (χ0n) is 15.6. The van der Waals surface area contributed by atoms with Crippen LogP contribution >= 0.6 is 11.6 Å². The number of carbonyl (C=O) groups excluding carboxylic acids is 3. The van der Waals surface area contributed by atoms with Crippen molar-refractivity contribution in [2.45, 2.75) is 25.4 Å². The van der Waals surface area contributed by atoms with E-state index in [1.165, 1.54) is 0 Å². The third-order valence-corrected chi connectivity index (χ3v) is 5.04. The van der Waals surface area contributed by atoms with Crippen LogP contribution in [-0.2, 0) is 15.1 Å². The first kappa shape index (κ1) is 19.9. The number of quaternary nitrogens is 1. The number of carbonyl (C=O) groups is 3. The van der Waals surface area contributed by atoms with Gasteiger partial charge in [-0.15, -0.1) is 0 Å². The molecule has 7 nitrogen and oxygen atoms in total. The van der Waals surface area contributed by atoms with Crippen LogP contribution in [0.3, 0.4) is 0 Å². The van der Waals surface area contributed by atoms with E-state index in [4.69, 9.17) is 11.6 Å². The lowest BCUT2D eigenvalue weighted by Crippen LogP contribution is -2.87. The van der Waals surface area contributed by atoms with E-state index >= 15 is 0 Å². The van der Waals surface area contributed by atoms with Crippen LogP contribution in [0.15, 0.2) is 54.6 Å². The third-order valence-electron chi connectivity index (χ3n) is 4.81. The Bertz CT molecular complexity index is 905. The monoisotopic (exact) mass is 401 g/mol. The summed E-state index contributed by atoms with van der Waals surface area (Å²) in [5, 5.41) is 5.82. The molecule has 4 amide bonds. The molecule has 1 fully saturated rings. The van der Waals surface area contributed by atoms with Crippen LogP contribution in [0.2, 0.25) is 5.02 Å². The van der Waals surface area contributed by atoms with Crippen LogP contribution in [0.4, 0.5) is 4.79 Å². The number of hydrogen-bond acceptors (Lipinski definition) is 3. The Kier molecular flexibility index (Phi) is 5.67. The molecule has 2 aromatic rings. The van der Waals surface area contributed by atoms with Crippen molar-refractivity contribution in [2.24, 2.45) is 0 Å². The quantitative estimate of drug-likeness (QED) is 0.639. The fourth-order valence-corrected chi connectivity index (χ4v) is 3.29. The molecule has 0 saturated carbocycles. The summed E-state index contributed by atoms with van der Waals surface area (Å²) in [5.74, 6) is -0.977. The molecule has 2 aromatic carbocycles. The SMILES string of the molecule is C[C@H]([NH2+]CC(=O)NN1C(=O)N[C@](C)(c2ccccc2)C1=O)c1cccc(Cl)c1. The molecule has 1 saturated heterocycles. The number of nitrogens with one attached hydrogen (secondary N) is 2. The van der Waals surface area contributed by atoms with E-state index in [2.05, 4.69) is 10.7 Å². The topological polar surface area (TPSA) is 95.1 Å². The van der Waals surface area contributed by atoms with E-state index in [9.17, 15) is 14.4 Å². The van der Waals surface area contributed by atoms with E-state index < -0.39 is 23.4 Å². The Balaban J connectivity index is 1.61. The average molecular weight is 402 g/mol. The summed E-state index contributed by atoms with van der Waals surface area (Å²) < 4.78 is 0. The standard InChI is InChI=1S/C20H21ClN4O3/c1-13(14-7-6-10-16(21)11-14)22-12-17(26)24-25-18(27)20(2,23-19(25)28)15-8-4-3-5-9-15/h3-11,13,22H,12H2,1-2H3,(H,23,28)(H,24,26)/p+1/t13-,20+/m0/s1. The second kappa shape index (κ2) is 8.00. The first-order chi connectivity index (χ1) is 13.3. The summed E-state index contributed by atoms with van der Waals surface area (Å²) >= 11 is 5.99. The molecule has 0 bridgehead atoms. The van der Waals surface area contributed by atoms with Gasteiger partial charge in [0.15, 0.2) is 6.54 Å². The second-order valence-electron chi connectivity index (χ2n) is 6.88. The highest BCUT2D eigenvalue weighted by atomic mass is 35.5. The molecule has 146 valence electrons. The molecule has 2 atom stereocenters. The predicted octanol–water partition coefficient (Wildman–Crippen LogP) is 1.46. The maximum Gasteiger partial charge on any atom is 0.344 e. The highest BCUT2D eigenvalue weighted by molar-refractivity contribution is 6.30. The van der Waals surface area contributed by atoms with E-state index in [1.807, 2.05) is 31.2 Å². The van der Waals surface area contributed by atoms with Gasteiger partial charge in [0.25, 0.3) is 11.8 Å². The van der Waals surface area contributed by atoms with Crippen molar-refractivity contribution in [1.29, 1.82) is 0 Å². The fraction of sp³-hybridized carbons (Fsp3) is 0.250. The van der Waals surface area contributed by atoms with Crippen molar-refractivity contribution in [1.82, 2.24) is 15.8 Å². The lowest BCUT2D eigenvalue weighted by molar-refractivity contribution is -0.682. The number of urea groups is 1. The Morgan fingerprint density at radius 2 is 1.93 bits per heavy atom. The van der Waals surface area contributed by atoms with Crippen LogP contribution in [0.25, 0.3) is 0 Å². The first-order valence-electron chi connectivity index (χ1n) is 8.92. The number of amides is 4. The molecular weight excluding hydrogens is 380 g/mol. The molecule has 0 aromatic heterocycles. The summed E-state index contributed by atoms with van der Waals surface area (Å²) in [6.45, 7) is 3.61. The van der Waals surface area contributed by atoms with Crippen molar-refractivity contribution >= 4 is 29.4 Å². The molecule has 0 unspecified atom stereocenters. The van der Waals surface area contributed by atoms with Gasteiger partial charge in [-0.3, -0.25) is 15.0 Å². The van der Waals surface area contributed by atoms with Gasteiger partial charge in [-0.1, -0.05) is 54.1 Å². The van der Waals surface area contributed by atoms with Crippen LogP contribution in [0.1, 0.15) is 31.0 Å². The number of nitrogens with zero attached hydrogens (tertiary/aromatic N) is 1. The smallest absolute Gasteiger partial charge is 0.332 e. The minimum absolute atomic E-state index is 0.0119. The van der Waals surface area contributed by atoms with Gasteiger partial charge in [-0.2, -0.15) is 5.01 Å². The summed E-state index contributed by atoms with van der Waals surface area (Å²) in [6, 6.07) is 15.6. The van der Waals surface area contributed by atoms with E-state index in [-0.39, 0.29) is 12.6 Å². The van der Waals surface area contributed by atoms with Crippen molar-refractivity contribution in [3.05, 3.63) is 70.7 Å². The Labute approximate surface area is 168 Å². The number of halogens is 1. The van der Waals surface area contributed by atoms with Gasteiger partial charge in [0.1, 0.15) is 11.6 Å². The number of rotatable bonds is 6. The summed E-state index contributed by atoms with van der Waals surface area (Å²) in [4.78, 5) is 37.3.